The predicted octanol–water partition coefficient (Wildman–Crippen LogP) is 4.25. The molecule has 5 rings (SSSR count). The number of nitrogens with zero attached hydrogens (tertiary/aromatic N) is 4. The van der Waals surface area contributed by atoms with Crippen LogP contribution in [0.4, 0.5) is 11.5 Å². The molecule has 0 saturated heterocycles. The molecule has 0 saturated carbocycles. The average molecular weight is 412 g/mol. The summed E-state index contributed by atoms with van der Waals surface area (Å²) < 4.78 is 1.94. The Hall–Kier alpha value is -4.07. The van der Waals surface area contributed by atoms with Crippen LogP contribution in [0.3, 0.4) is 0 Å². The number of hydrogen-bond acceptors (Lipinski definition) is 6. The second-order valence-electron chi connectivity index (χ2n) is 7.47. The normalized spacial score (nSPS) is 14.9. The minimum atomic E-state index is -0.250. The summed E-state index contributed by atoms with van der Waals surface area (Å²) in [5, 5.41) is 9.35. The number of hydrogen-bond donors (Lipinski definition) is 2. The summed E-state index contributed by atoms with van der Waals surface area (Å²) in [6, 6.07) is 13.1. The zero-order chi connectivity index (χ0) is 21.4. The second kappa shape index (κ2) is 7.64. The molecule has 1 aliphatic rings. The Morgan fingerprint density at radius 1 is 1.19 bits per heavy atom. The van der Waals surface area contributed by atoms with Crippen LogP contribution in [0, 0.1) is 4.91 Å². The largest absolute Gasteiger partial charge is 0.355 e. The minimum Gasteiger partial charge on any atom is -0.355 e. The number of benzene rings is 2. The van der Waals surface area contributed by atoms with Crippen LogP contribution in [0.25, 0.3) is 16.9 Å². The zero-order valence-electron chi connectivity index (χ0n) is 16.9. The first-order valence-corrected chi connectivity index (χ1v) is 10.0. The van der Waals surface area contributed by atoms with Crippen LogP contribution < -0.4 is 10.6 Å². The maximum atomic E-state index is 11.9. The van der Waals surface area contributed by atoms with E-state index in [-0.39, 0.29) is 11.9 Å². The topological polar surface area (TPSA) is 101 Å². The van der Waals surface area contributed by atoms with E-state index < -0.39 is 0 Å². The van der Waals surface area contributed by atoms with Crippen LogP contribution >= 0.6 is 0 Å². The second-order valence-corrected chi connectivity index (χ2v) is 7.47. The van der Waals surface area contributed by atoms with Crippen molar-refractivity contribution >= 4 is 23.1 Å². The van der Waals surface area contributed by atoms with Gasteiger partial charge in [0.05, 0.1) is 6.20 Å². The number of anilines is 2. The first kappa shape index (κ1) is 18.9. The monoisotopic (exact) mass is 412 g/mol. The quantitative estimate of drug-likeness (QED) is 0.477. The van der Waals surface area contributed by atoms with Gasteiger partial charge in [0.1, 0.15) is 17.6 Å². The Balaban J connectivity index is 1.56. The fourth-order valence-electron chi connectivity index (χ4n) is 4.07. The fourth-order valence-corrected chi connectivity index (χ4v) is 4.07. The number of nitroso groups, excluding NO2 is 1. The molecule has 0 radical (unpaired) electrons. The highest BCUT2D eigenvalue weighted by Gasteiger charge is 2.23. The number of imidazole rings is 1. The van der Waals surface area contributed by atoms with Crippen molar-refractivity contribution in [3.63, 3.8) is 0 Å². The lowest BCUT2D eigenvalue weighted by Crippen LogP contribution is -2.17. The number of nitrogens with one attached hydrogen (secondary N) is 2. The zero-order valence-corrected chi connectivity index (χ0v) is 16.9. The van der Waals surface area contributed by atoms with Gasteiger partial charge in [-0.2, -0.15) is 4.91 Å². The van der Waals surface area contributed by atoms with Gasteiger partial charge >= 0.3 is 0 Å². The van der Waals surface area contributed by atoms with Crippen LogP contribution in [0.1, 0.15) is 33.9 Å². The van der Waals surface area contributed by atoms with Gasteiger partial charge in [-0.3, -0.25) is 14.2 Å². The molecule has 2 heterocycles. The van der Waals surface area contributed by atoms with Crippen molar-refractivity contribution in [3.8, 4) is 11.3 Å². The van der Waals surface area contributed by atoms with Gasteiger partial charge in [0, 0.05) is 36.3 Å². The van der Waals surface area contributed by atoms with E-state index in [9.17, 15) is 9.70 Å². The molecule has 4 aromatic rings. The smallest absolute Gasteiger partial charge is 0.251 e. The van der Waals surface area contributed by atoms with Crippen LogP contribution in [-0.4, -0.2) is 27.3 Å². The molecule has 2 N–H and O–H groups in total. The van der Waals surface area contributed by atoms with Crippen LogP contribution in [-0.2, 0) is 6.42 Å². The van der Waals surface area contributed by atoms with E-state index in [1.165, 1.54) is 0 Å². The van der Waals surface area contributed by atoms with Crippen molar-refractivity contribution in [1.29, 1.82) is 0 Å². The maximum Gasteiger partial charge on any atom is 0.251 e. The SMILES string of the molecule is CNC(=O)c1ccc(-c2nc3cnccn3c2Nc2ccc3c(c2)CCC3N=O)cc1. The summed E-state index contributed by atoms with van der Waals surface area (Å²) in [7, 11) is 1.61. The van der Waals surface area contributed by atoms with Gasteiger partial charge in [0.15, 0.2) is 5.65 Å². The molecule has 0 spiro atoms. The molecule has 2 aromatic carbocycles. The lowest BCUT2D eigenvalue weighted by atomic mass is 10.1. The predicted molar refractivity (Wildman–Crippen MR) is 118 cm³/mol. The highest BCUT2D eigenvalue weighted by molar-refractivity contribution is 5.94. The number of amides is 1. The number of carbonyl (C=O) groups excluding carboxylic acids is 1. The van der Waals surface area contributed by atoms with Gasteiger partial charge in [0.25, 0.3) is 5.91 Å². The molecule has 0 aliphatic heterocycles. The van der Waals surface area contributed by atoms with Crippen molar-refractivity contribution < 1.29 is 4.79 Å². The Morgan fingerprint density at radius 2 is 2.03 bits per heavy atom. The molecular formula is C23H20N6O2. The average Bonchev–Trinajstić information content (AvgIpc) is 3.40. The lowest BCUT2D eigenvalue weighted by molar-refractivity contribution is 0.0963. The van der Waals surface area contributed by atoms with Gasteiger partial charge in [-0.15, -0.1) is 0 Å². The molecular weight excluding hydrogens is 392 g/mol. The molecule has 154 valence electrons. The molecule has 1 atom stereocenters. The Kier molecular flexibility index (Phi) is 4.66. The number of rotatable bonds is 5. The third kappa shape index (κ3) is 3.31. The molecule has 1 aliphatic carbocycles. The molecule has 1 amide bonds. The van der Waals surface area contributed by atoms with Crippen molar-refractivity contribution in [2.45, 2.75) is 18.9 Å². The van der Waals surface area contributed by atoms with Gasteiger partial charge < -0.3 is 10.6 Å². The molecule has 1 unspecified atom stereocenters. The first-order chi connectivity index (χ1) is 15.2. The van der Waals surface area contributed by atoms with Crippen LogP contribution in [0.5, 0.6) is 0 Å². The molecule has 0 bridgehead atoms. The van der Waals surface area contributed by atoms with E-state index in [2.05, 4.69) is 26.9 Å². The highest BCUT2D eigenvalue weighted by atomic mass is 16.3. The van der Waals surface area contributed by atoms with Gasteiger partial charge in [-0.25, -0.2) is 4.98 Å². The summed E-state index contributed by atoms with van der Waals surface area (Å²) in [6.45, 7) is 0. The Morgan fingerprint density at radius 3 is 2.81 bits per heavy atom. The van der Waals surface area contributed by atoms with E-state index >= 15 is 0 Å². The van der Waals surface area contributed by atoms with E-state index in [4.69, 9.17) is 4.98 Å². The van der Waals surface area contributed by atoms with Crippen LogP contribution in [0.2, 0.25) is 0 Å². The summed E-state index contributed by atoms with van der Waals surface area (Å²) in [6.07, 6.45) is 6.86. The van der Waals surface area contributed by atoms with Crippen molar-refractivity contribution in [3.05, 3.63) is 82.7 Å². The molecule has 0 fully saturated rings. The van der Waals surface area contributed by atoms with Crippen LogP contribution in [0.15, 0.2) is 66.2 Å². The van der Waals surface area contributed by atoms with E-state index in [1.807, 2.05) is 34.9 Å². The maximum absolute atomic E-state index is 11.9. The molecule has 8 heteroatoms. The highest BCUT2D eigenvalue weighted by Crippen LogP contribution is 2.37. The number of aryl methyl sites for hydroxylation is 1. The van der Waals surface area contributed by atoms with E-state index in [0.717, 1.165) is 46.7 Å². The summed E-state index contributed by atoms with van der Waals surface area (Å²) in [4.78, 5) is 31.8. The number of carbonyl (C=O) groups is 1. The number of aromatic nitrogens is 3. The Labute approximate surface area is 178 Å². The Bertz CT molecular complexity index is 1300. The van der Waals surface area contributed by atoms with Gasteiger partial charge in [0.2, 0.25) is 0 Å². The fraction of sp³-hybridized carbons (Fsp3) is 0.174. The van der Waals surface area contributed by atoms with Crippen molar-refractivity contribution in [2.75, 3.05) is 12.4 Å². The first-order valence-electron chi connectivity index (χ1n) is 10.0. The standard InChI is InChI=1S/C23H20N6O2/c1-24-23(30)15-4-2-14(3-5-15)21-22(29-11-10-25-13-20(29)27-21)26-17-7-8-18-16(12-17)6-9-19(18)28-31/h2-5,7-8,10-13,19,26H,6,9H2,1H3,(H,24,30). The summed E-state index contributed by atoms with van der Waals surface area (Å²) >= 11 is 0. The third-order valence-electron chi connectivity index (χ3n) is 5.66. The third-order valence-corrected chi connectivity index (χ3v) is 5.66. The van der Waals surface area contributed by atoms with E-state index in [1.54, 1.807) is 31.6 Å². The molecule has 2 aromatic heterocycles. The number of fused-ring (bicyclic) bond motifs is 2. The molecule has 31 heavy (non-hydrogen) atoms. The van der Waals surface area contributed by atoms with Crippen molar-refractivity contribution in [2.24, 2.45) is 5.18 Å². The van der Waals surface area contributed by atoms with Gasteiger partial charge in [-0.05, 0) is 48.2 Å². The summed E-state index contributed by atoms with van der Waals surface area (Å²) in [5.41, 5.74) is 5.99. The lowest BCUT2D eigenvalue weighted by Gasteiger charge is -2.11. The van der Waals surface area contributed by atoms with Crippen molar-refractivity contribution in [1.82, 2.24) is 19.7 Å². The van der Waals surface area contributed by atoms with Gasteiger partial charge in [-0.1, -0.05) is 23.4 Å². The minimum absolute atomic E-state index is 0.134. The summed E-state index contributed by atoms with van der Waals surface area (Å²) in [5.74, 6) is 0.665. The molecule has 8 nitrogen and oxygen atoms in total. The van der Waals surface area contributed by atoms with E-state index in [0.29, 0.717) is 11.2 Å².